The van der Waals surface area contributed by atoms with E-state index in [9.17, 15) is 14.4 Å². The third kappa shape index (κ3) is 8.61. The zero-order chi connectivity index (χ0) is 6.57. The van der Waals surface area contributed by atoms with Gasteiger partial charge in [0, 0.05) is 0 Å². The second kappa shape index (κ2) is 9.61. The Morgan fingerprint density at radius 1 is 1.30 bits per heavy atom. The first-order valence-electron chi connectivity index (χ1n) is 1.56. The van der Waals surface area contributed by atoms with Crippen molar-refractivity contribution in [3.63, 3.8) is 0 Å². The fourth-order valence-electron chi connectivity index (χ4n) is 0.0941. The summed E-state index contributed by atoms with van der Waals surface area (Å²) in [4.78, 5) is 28.4. The Balaban J connectivity index is -0.000000245. The normalized spacial score (nSPS) is 6.00. The predicted octanol–water partition coefficient (Wildman–Crippen LogP) is -2.53. The van der Waals surface area contributed by atoms with Gasteiger partial charge >= 0.3 is 77.5 Å². The minimum atomic E-state index is -1.78. The van der Waals surface area contributed by atoms with Crippen molar-refractivity contribution >= 4 is 77.5 Å². The van der Waals surface area contributed by atoms with E-state index < -0.39 is 11.9 Å². The molecule has 10 heavy (non-hydrogen) atoms. The molecule has 0 radical (unpaired) electrons. The van der Waals surface area contributed by atoms with Gasteiger partial charge in [-0.1, -0.05) is 0 Å². The summed E-state index contributed by atoms with van der Waals surface area (Å²) < 4.78 is 3.38. The Labute approximate surface area is 101 Å². The summed E-state index contributed by atoms with van der Waals surface area (Å²) in [6, 6.07) is 0. The van der Waals surface area contributed by atoms with Crippen LogP contribution in [0.2, 0.25) is 0 Å². The molecule has 0 heterocycles. The van der Waals surface area contributed by atoms with E-state index in [4.69, 9.17) is 5.11 Å². The Hall–Kier alpha value is 0.610. The molecule has 0 aromatic carbocycles. The van der Waals surface area contributed by atoms with E-state index in [1.54, 1.807) is 0 Å². The number of esters is 1. The Bertz CT molecular complexity index is 133. The van der Waals surface area contributed by atoms with Crippen LogP contribution in [0.25, 0.3) is 0 Å². The van der Waals surface area contributed by atoms with Crippen molar-refractivity contribution in [1.82, 2.24) is 0 Å². The van der Waals surface area contributed by atoms with Gasteiger partial charge < -0.3 is 9.84 Å². The van der Waals surface area contributed by atoms with Gasteiger partial charge in [0.15, 0.2) is 0 Å². The molecule has 0 fully saturated rings. The molecule has 0 aromatic rings. The van der Waals surface area contributed by atoms with Crippen LogP contribution in [0.4, 0.5) is 0 Å². The molecule has 0 atom stereocenters. The molecule has 0 aliphatic rings. The van der Waals surface area contributed by atoms with Crippen LogP contribution in [0.5, 0.6) is 0 Å². The van der Waals surface area contributed by atoms with Gasteiger partial charge in [0.05, 0.1) is 0 Å². The summed E-state index contributed by atoms with van der Waals surface area (Å²) in [5.74, 6) is -3.35. The molecule has 1 N–H and O–H groups in total. The van der Waals surface area contributed by atoms with Crippen molar-refractivity contribution in [3.05, 3.63) is 0 Å². The van der Waals surface area contributed by atoms with E-state index in [1.807, 2.05) is 0 Å². The van der Waals surface area contributed by atoms with Crippen LogP contribution >= 0.6 is 0 Å². The molecule has 0 bridgehead atoms. The van der Waals surface area contributed by atoms with Crippen molar-refractivity contribution < 1.29 is 24.2 Å². The van der Waals surface area contributed by atoms with Crippen molar-refractivity contribution in [3.8, 4) is 0 Å². The number of carboxylic acids is 1. The quantitative estimate of drug-likeness (QED) is 0.153. The summed E-state index contributed by atoms with van der Waals surface area (Å²) in [5, 5.41) is 7.68. The number of aliphatic carboxylic acids is 1. The number of hydrogen-bond acceptors (Lipinski definition) is 4. The number of carbonyl (C=O) groups excluding carboxylic acids is 2. The van der Waals surface area contributed by atoms with E-state index in [2.05, 4.69) is 4.74 Å². The third-order valence-electron chi connectivity index (χ3n) is 0.330. The van der Waals surface area contributed by atoms with Gasteiger partial charge in [-0.3, -0.25) is 4.79 Å². The van der Waals surface area contributed by atoms with Gasteiger partial charge in [-0.2, -0.15) is 0 Å². The van der Waals surface area contributed by atoms with Crippen LogP contribution in [0, 0.1) is 0 Å². The molecule has 0 saturated carbocycles. The third-order valence-corrected chi connectivity index (χ3v) is 0.330. The SMILES string of the molecule is O=COC(=O)C(=O)O.[NaH].[NaH]. The first-order valence-corrected chi connectivity index (χ1v) is 1.56. The standard InChI is InChI=1S/C3H2O5.2Na.2H/c4-1-8-3(7)2(5)6;;;;/h1H,(H,5,6);;;;. The van der Waals surface area contributed by atoms with Gasteiger partial charge in [-0.15, -0.1) is 0 Å². The monoisotopic (exact) mass is 166 g/mol. The zero-order valence-corrected chi connectivity index (χ0v) is 3.66. The maximum absolute atomic E-state index is 9.69. The first-order chi connectivity index (χ1) is 3.68. The van der Waals surface area contributed by atoms with Crippen LogP contribution in [0.15, 0.2) is 0 Å². The molecule has 0 rings (SSSR count). The fraction of sp³-hybridized carbons (Fsp3) is 0. The predicted molar refractivity (Wildman–Crippen MR) is 34.1 cm³/mol. The summed E-state index contributed by atoms with van der Waals surface area (Å²) in [6.45, 7) is -0.240. The summed E-state index contributed by atoms with van der Waals surface area (Å²) >= 11 is 0. The van der Waals surface area contributed by atoms with Crippen molar-refractivity contribution in [2.45, 2.75) is 0 Å². The number of ether oxygens (including phenoxy) is 1. The van der Waals surface area contributed by atoms with Gasteiger partial charge in [0.25, 0.3) is 0 Å². The average Bonchev–Trinajstić information content (AvgIpc) is 1.67. The van der Waals surface area contributed by atoms with Gasteiger partial charge in [-0.05, 0) is 0 Å². The molecular weight excluding hydrogens is 162 g/mol. The van der Waals surface area contributed by atoms with Crippen molar-refractivity contribution in [1.29, 1.82) is 0 Å². The minimum absolute atomic E-state index is 0. The number of rotatable bonds is 1. The van der Waals surface area contributed by atoms with E-state index in [1.165, 1.54) is 0 Å². The van der Waals surface area contributed by atoms with E-state index >= 15 is 0 Å². The second-order valence-corrected chi connectivity index (χ2v) is 0.807. The zero-order valence-electron chi connectivity index (χ0n) is 3.66. The fourth-order valence-corrected chi connectivity index (χ4v) is 0.0941. The van der Waals surface area contributed by atoms with E-state index in [0.717, 1.165) is 0 Å². The van der Waals surface area contributed by atoms with Gasteiger partial charge in [0.1, 0.15) is 0 Å². The van der Waals surface area contributed by atoms with Crippen LogP contribution in [0.3, 0.4) is 0 Å². The topological polar surface area (TPSA) is 80.7 Å². The molecule has 0 spiro atoms. The Morgan fingerprint density at radius 2 is 1.70 bits per heavy atom. The number of hydrogen-bond donors (Lipinski definition) is 1. The second-order valence-electron chi connectivity index (χ2n) is 0.807. The molecule has 0 unspecified atom stereocenters. The van der Waals surface area contributed by atoms with Crippen LogP contribution in [-0.2, 0) is 19.1 Å². The molecule has 0 aromatic heterocycles. The van der Waals surface area contributed by atoms with Crippen LogP contribution in [0.1, 0.15) is 0 Å². The molecule has 48 valence electrons. The molecule has 0 aliphatic heterocycles. The molecule has 0 amide bonds. The van der Waals surface area contributed by atoms with Gasteiger partial charge in [-0.25, -0.2) is 9.59 Å². The molecule has 5 nitrogen and oxygen atoms in total. The molecule has 0 saturated heterocycles. The summed E-state index contributed by atoms with van der Waals surface area (Å²) in [6.07, 6.45) is 0. The van der Waals surface area contributed by atoms with Crippen LogP contribution < -0.4 is 0 Å². The number of carbonyl (C=O) groups is 3. The first kappa shape index (κ1) is 16.9. The summed E-state index contributed by atoms with van der Waals surface area (Å²) in [5.41, 5.74) is 0. The maximum atomic E-state index is 9.69. The van der Waals surface area contributed by atoms with E-state index in [-0.39, 0.29) is 65.6 Å². The molecule has 0 aliphatic carbocycles. The Morgan fingerprint density at radius 3 is 1.80 bits per heavy atom. The number of carboxylic acid groups (broad SMARTS) is 1. The van der Waals surface area contributed by atoms with Crippen molar-refractivity contribution in [2.24, 2.45) is 0 Å². The summed E-state index contributed by atoms with van der Waals surface area (Å²) in [7, 11) is 0. The van der Waals surface area contributed by atoms with Crippen molar-refractivity contribution in [2.75, 3.05) is 0 Å². The van der Waals surface area contributed by atoms with Gasteiger partial charge in [0.2, 0.25) is 0 Å². The van der Waals surface area contributed by atoms with E-state index in [0.29, 0.717) is 0 Å². The average molecular weight is 166 g/mol. The van der Waals surface area contributed by atoms with Crippen LogP contribution in [-0.4, -0.2) is 82.6 Å². The Kier molecular flexibility index (Phi) is 16.3. The molecular formula is C3H4Na2O5. The molecule has 7 heteroatoms.